The summed E-state index contributed by atoms with van der Waals surface area (Å²) in [6.07, 6.45) is 1.31. The van der Waals surface area contributed by atoms with Crippen molar-refractivity contribution in [2.24, 2.45) is 0 Å². The van der Waals surface area contributed by atoms with Crippen molar-refractivity contribution in [2.75, 3.05) is 32.8 Å². The Bertz CT molecular complexity index is 386. The number of carbonyl (C=O) groups is 1. The first kappa shape index (κ1) is 13.3. The van der Waals surface area contributed by atoms with Crippen LogP contribution in [0.25, 0.3) is 0 Å². The quantitative estimate of drug-likeness (QED) is 0.820. The molecule has 5 heteroatoms. The van der Waals surface area contributed by atoms with Gasteiger partial charge in [-0.05, 0) is 17.5 Å². The maximum atomic E-state index is 11.3. The van der Waals surface area contributed by atoms with Gasteiger partial charge in [-0.1, -0.05) is 12.6 Å². The molecule has 1 fully saturated rings. The van der Waals surface area contributed by atoms with Gasteiger partial charge in [0.2, 0.25) is 5.91 Å². The van der Waals surface area contributed by atoms with Gasteiger partial charge in [0, 0.05) is 24.5 Å². The summed E-state index contributed by atoms with van der Waals surface area (Å²) in [4.78, 5) is 14.9. The highest BCUT2D eigenvalue weighted by Crippen LogP contribution is 2.25. The van der Waals surface area contributed by atoms with Gasteiger partial charge in [0.25, 0.3) is 0 Å². The number of nitrogens with one attached hydrogen (secondary N) is 1. The van der Waals surface area contributed by atoms with Crippen molar-refractivity contribution in [1.82, 2.24) is 10.2 Å². The fourth-order valence-corrected chi connectivity index (χ4v) is 2.91. The number of amides is 1. The Morgan fingerprint density at radius 3 is 3.00 bits per heavy atom. The molecule has 1 N–H and O–H groups in total. The minimum Gasteiger partial charge on any atom is -0.379 e. The van der Waals surface area contributed by atoms with Crippen molar-refractivity contribution in [1.29, 1.82) is 0 Å². The molecule has 1 aliphatic rings. The zero-order valence-corrected chi connectivity index (χ0v) is 11.1. The Morgan fingerprint density at radius 2 is 2.39 bits per heavy atom. The second kappa shape index (κ2) is 6.68. The number of nitrogens with zero attached hydrogens (tertiary/aromatic N) is 1. The van der Waals surface area contributed by atoms with E-state index < -0.39 is 0 Å². The third kappa shape index (κ3) is 3.41. The molecule has 0 aromatic carbocycles. The van der Waals surface area contributed by atoms with E-state index in [2.05, 4.69) is 28.2 Å². The van der Waals surface area contributed by atoms with Gasteiger partial charge in [-0.15, -0.1) is 11.3 Å². The van der Waals surface area contributed by atoms with E-state index in [-0.39, 0.29) is 11.9 Å². The molecule has 1 saturated heterocycles. The highest BCUT2D eigenvalue weighted by atomic mass is 32.1. The Hall–Kier alpha value is -1.17. The average Bonchev–Trinajstić information content (AvgIpc) is 2.94. The van der Waals surface area contributed by atoms with E-state index in [9.17, 15) is 4.79 Å². The number of hydrogen-bond donors (Lipinski definition) is 1. The molecule has 2 rings (SSSR count). The average molecular weight is 266 g/mol. The number of carbonyl (C=O) groups excluding carboxylic acids is 1. The topological polar surface area (TPSA) is 41.6 Å². The van der Waals surface area contributed by atoms with Crippen LogP contribution in [0, 0.1) is 0 Å². The Labute approximate surface area is 111 Å². The van der Waals surface area contributed by atoms with E-state index in [4.69, 9.17) is 4.74 Å². The van der Waals surface area contributed by atoms with Crippen LogP contribution in [-0.2, 0) is 9.53 Å². The second-order valence-corrected chi connectivity index (χ2v) is 5.11. The maximum Gasteiger partial charge on any atom is 0.243 e. The van der Waals surface area contributed by atoms with Gasteiger partial charge in [0.15, 0.2) is 0 Å². The third-order valence-electron chi connectivity index (χ3n) is 3.01. The van der Waals surface area contributed by atoms with Gasteiger partial charge in [-0.3, -0.25) is 9.69 Å². The van der Waals surface area contributed by atoms with Crippen LogP contribution in [0.1, 0.15) is 10.9 Å². The van der Waals surface area contributed by atoms with Crippen LogP contribution in [0.4, 0.5) is 0 Å². The standard InChI is InChI=1S/C13H18N2O2S/c1-2-13(16)14-10-11(12-4-3-9-18-12)15-5-7-17-8-6-15/h2-4,9,11H,1,5-8,10H2,(H,14,16)/t11-/m1/s1. The molecule has 0 saturated carbocycles. The molecule has 0 aliphatic carbocycles. The molecule has 1 aromatic rings. The van der Waals surface area contributed by atoms with Gasteiger partial charge in [0.1, 0.15) is 0 Å². The monoisotopic (exact) mass is 266 g/mol. The Morgan fingerprint density at radius 1 is 1.61 bits per heavy atom. The maximum absolute atomic E-state index is 11.3. The molecule has 2 heterocycles. The van der Waals surface area contributed by atoms with Crippen molar-refractivity contribution in [3.8, 4) is 0 Å². The first-order valence-corrected chi connectivity index (χ1v) is 6.94. The highest BCUT2D eigenvalue weighted by Gasteiger charge is 2.23. The molecule has 4 nitrogen and oxygen atoms in total. The fraction of sp³-hybridized carbons (Fsp3) is 0.462. The minimum absolute atomic E-state index is 0.121. The zero-order chi connectivity index (χ0) is 12.8. The molecule has 0 spiro atoms. The summed E-state index contributed by atoms with van der Waals surface area (Å²) < 4.78 is 5.37. The third-order valence-corrected chi connectivity index (χ3v) is 3.99. The minimum atomic E-state index is -0.121. The summed E-state index contributed by atoms with van der Waals surface area (Å²) in [5.74, 6) is -0.121. The van der Waals surface area contributed by atoms with Gasteiger partial charge >= 0.3 is 0 Å². The lowest BCUT2D eigenvalue weighted by Crippen LogP contribution is -2.43. The predicted molar refractivity (Wildman–Crippen MR) is 72.7 cm³/mol. The lowest BCUT2D eigenvalue weighted by Gasteiger charge is -2.34. The number of ether oxygens (including phenoxy) is 1. The molecule has 0 bridgehead atoms. The van der Waals surface area contributed by atoms with Crippen LogP contribution in [0.15, 0.2) is 30.2 Å². The molecule has 1 amide bonds. The summed E-state index contributed by atoms with van der Waals surface area (Å²) in [5, 5.41) is 4.95. The molecule has 0 radical (unpaired) electrons. The van der Waals surface area contributed by atoms with Gasteiger partial charge < -0.3 is 10.1 Å². The lowest BCUT2D eigenvalue weighted by molar-refractivity contribution is -0.116. The van der Waals surface area contributed by atoms with Gasteiger partial charge in [-0.2, -0.15) is 0 Å². The lowest BCUT2D eigenvalue weighted by atomic mass is 10.2. The van der Waals surface area contributed by atoms with Crippen LogP contribution in [0.2, 0.25) is 0 Å². The van der Waals surface area contributed by atoms with Crippen LogP contribution >= 0.6 is 11.3 Å². The Balaban J connectivity index is 2.02. The van der Waals surface area contributed by atoms with Crippen molar-refractivity contribution in [2.45, 2.75) is 6.04 Å². The number of thiophene rings is 1. The largest absolute Gasteiger partial charge is 0.379 e. The van der Waals surface area contributed by atoms with E-state index >= 15 is 0 Å². The molecule has 98 valence electrons. The van der Waals surface area contributed by atoms with Crippen LogP contribution in [-0.4, -0.2) is 43.7 Å². The normalized spacial score (nSPS) is 18.2. The SMILES string of the molecule is C=CC(=O)NC[C@H](c1cccs1)N1CCOCC1. The molecule has 1 atom stereocenters. The molecule has 1 aliphatic heterocycles. The van der Waals surface area contributed by atoms with Crippen molar-refractivity contribution >= 4 is 17.2 Å². The molecular formula is C13H18N2O2S. The van der Waals surface area contributed by atoms with Crippen LogP contribution in [0.5, 0.6) is 0 Å². The smallest absolute Gasteiger partial charge is 0.243 e. The number of rotatable bonds is 5. The number of morpholine rings is 1. The summed E-state index contributed by atoms with van der Waals surface area (Å²) in [6, 6.07) is 4.39. The molecule has 1 aromatic heterocycles. The molecule has 0 unspecified atom stereocenters. The summed E-state index contributed by atoms with van der Waals surface area (Å²) in [7, 11) is 0. The van der Waals surface area contributed by atoms with E-state index in [0.717, 1.165) is 26.3 Å². The summed E-state index contributed by atoms with van der Waals surface area (Å²) in [5.41, 5.74) is 0. The molecule has 18 heavy (non-hydrogen) atoms. The van der Waals surface area contributed by atoms with Gasteiger partial charge in [0.05, 0.1) is 19.3 Å². The van der Waals surface area contributed by atoms with Crippen LogP contribution in [0.3, 0.4) is 0 Å². The fourth-order valence-electron chi connectivity index (χ4n) is 2.05. The van der Waals surface area contributed by atoms with Crippen LogP contribution < -0.4 is 5.32 Å². The van der Waals surface area contributed by atoms with E-state index in [1.165, 1.54) is 11.0 Å². The summed E-state index contributed by atoms with van der Waals surface area (Å²) in [6.45, 7) is 7.43. The van der Waals surface area contributed by atoms with E-state index in [1.54, 1.807) is 11.3 Å². The van der Waals surface area contributed by atoms with E-state index in [1.807, 2.05) is 6.07 Å². The van der Waals surface area contributed by atoms with E-state index in [0.29, 0.717) is 6.54 Å². The second-order valence-electron chi connectivity index (χ2n) is 4.13. The van der Waals surface area contributed by atoms with Crippen molar-refractivity contribution in [3.05, 3.63) is 35.0 Å². The first-order chi connectivity index (χ1) is 8.81. The first-order valence-electron chi connectivity index (χ1n) is 6.06. The highest BCUT2D eigenvalue weighted by molar-refractivity contribution is 7.10. The Kier molecular flexibility index (Phi) is 4.92. The summed E-state index contributed by atoms with van der Waals surface area (Å²) >= 11 is 1.72. The number of hydrogen-bond acceptors (Lipinski definition) is 4. The zero-order valence-electron chi connectivity index (χ0n) is 10.3. The predicted octanol–water partition coefficient (Wildman–Crippen LogP) is 1.42. The van der Waals surface area contributed by atoms with Gasteiger partial charge in [-0.25, -0.2) is 0 Å². The van der Waals surface area contributed by atoms with Crippen molar-refractivity contribution < 1.29 is 9.53 Å². The molecular weight excluding hydrogens is 248 g/mol. The van der Waals surface area contributed by atoms with Crippen molar-refractivity contribution in [3.63, 3.8) is 0 Å².